The van der Waals surface area contributed by atoms with Gasteiger partial charge in [-0.1, -0.05) is 0 Å². The molecule has 2 aromatic rings. The number of aryl methyl sites for hydroxylation is 1. The second kappa shape index (κ2) is 4.13. The predicted molar refractivity (Wildman–Crippen MR) is 70.4 cm³/mol. The van der Waals surface area contributed by atoms with Crippen LogP contribution in [0, 0.1) is 5.82 Å². The van der Waals surface area contributed by atoms with E-state index in [-0.39, 0.29) is 24.1 Å². The number of fused-ring (bicyclic) bond motifs is 1. The van der Waals surface area contributed by atoms with Gasteiger partial charge in [-0.25, -0.2) is 4.39 Å². The fourth-order valence-corrected chi connectivity index (χ4v) is 2.68. The largest absolute Gasteiger partial charge is 0.296 e. The molecule has 1 aliphatic rings. The molecule has 1 aromatic heterocycles. The number of piperidine rings is 1. The Morgan fingerprint density at radius 3 is 2.85 bits per heavy atom. The molecule has 0 radical (unpaired) electrons. The number of hydrogen-bond acceptors (Lipinski definition) is 3. The minimum Gasteiger partial charge on any atom is -0.296 e. The number of aromatic nitrogens is 2. The van der Waals surface area contributed by atoms with E-state index in [9.17, 15) is 14.0 Å². The Balaban J connectivity index is 2.21. The highest BCUT2D eigenvalue weighted by molar-refractivity contribution is 6.04. The average molecular weight is 275 g/mol. The summed E-state index contributed by atoms with van der Waals surface area (Å²) in [6, 6.07) is 4.38. The second-order valence-corrected chi connectivity index (χ2v) is 5.34. The first kappa shape index (κ1) is 12.8. The Kier molecular flexibility index (Phi) is 2.64. The number of halogens is 1. The van der Waals surface area contributed by atoms with Crippen LogP contribution in [0.25, 0.3) is 10.9 Å². The fraction of sp³-hybridized carbons (Fsp3) is 0.357. The summed E-state index contributed by atoms with van der Waals surface area (Å²) < 4.78 is 15.1. The first-order chi connectivity index (χ1) is 9.41. The molecule has 2 heterocycles. The van der Waals surface area contributed by atoms with Gasteiger partial charge >= 0.3 is 0 Å². The van der Waals surface area contributed by atoms with Gasteiger partial charge in [-0.2, -0.15) is 5.10 Å². The molecule has 1 saturated heterocycles. The summed E-state index contributed by atoms with van der Waals surface area (Å²) in [5.41, 5.74) is 0.355. The zero-order valence-electron chi connectivity index (χ0n) is 11.2. The van der Waals surface area contributed by atoms with Gasteiger partial charge in [0, 0.05) is 18.9 Å². The van der Waals surface area contributed by atoms with E-state index in [4.69, 9.17) is 0 Å². The van der Waals surface area contributed by atoms with Crippen molar-refractivity contribution in [2.75, 3.05) is 0 Å². The van der Waals surface area contributed by atoms with Crippen molar-refractivity contribution in [2.24, 2.45) is 7.05 Å². The number of nitrogens with one attached hydrogen (secondary N) is 1. The van der Waals surface area contributed by atoms with E-state index in [1.807, 2.05) is 0 Å². The first-order valence-corrected chi connectivity index (χ1v) is 6.39. The maximum Gasteiger partial charge on any atom is 0.238 e. The molecule has 0 saturated carbocycles. The Bertz CT molecular complexity index is 737. The molecule has 3 rings (SSSR count). The van der Waals surface area contributed by atoms with Crippen molar-refractivity contribution in [3.8, 4) is 0 Å². The van der Waals surface area contributed by atoms with Gasteiger partial charge in [0.2, 0.25) is 11.8 Å². The third-order valence-electron chi connectivity index (χ3n) is 3.94. The molecule has 104 valence electrons. The minimum atomic E-state index is -0.915. The highest BCUT2D eigenvalue weighted by atomic mass is 19.1. The molecule has 20 heavy (non-hydrogen) atoms. The molecule has 0 bridgehead atoms. The van der Waals surface area contributed by atoms with Crippen molar-refractivity contribution in [3.63, 3.8) is 0 Å². The van der Waals surface area contributed by atoms with Gasteiger partial charge in [-0.3, -0.25) is 19.6 Å². The highest BCUT2D eigenvalue weighted by Gasteiger charge is 2.43. The predicted octanol–water partition coefficient (Wildman–Crippen LogP) is 1.41. The Morgan fingerprint density at radius 1 is 1.40 bits per heavy atom. The maximum atomic E-state index is 13.5. The molecule has 2 amide bonds. The molecule has 1 N–H and O–H groups in total. The van der Waals surface area contributed by atoms with Gasteiger partial charge in [0.25, 0.3) is 0 Å². The number of imide groups is 1. The molecule has 0 spiro atoms. The van der Waals surface area contributed by atoms with E-state index in [0.717, 1.165) is 5.52 Å². The van der Waals surface area contributed by atoms with E-state index >= 15 is 0 Å². The molecule has 1 atom stereocenters. The van der Waals surface area contributed by atoms with E-state index in [2.05, 4.69) is 10.4 Å². The summed E-state index contributed by atoms with van der Waals surface area (Å²) >= 11 is 0. The van der Waals surface area contributed by atoms with Crippen molar-refractivity contribution >= 4 is 22.7 Å². The minimum absolute atomic E-state index is 0.260. The van der Waals surface area contributed by atoms with Crippen LogP contribution in [0.5, 0.6) is 0 Å². The number of rotatable bonds is 1. The van der Waals surface area contributed by atoms with Gasteiger partial charge < -0.3 is 0 Å². The van der Waals surface area contributed by atoms with E-state index in [1.165, 1.54) is 12.1 Å². The van der Waals surface area contributed by atoms with Crippen LogP contribution in [-0.2, 0) is 22.1 Å². The number of nitrogens with zero attached hydrogens (tertiary/aromatic N) is 2. The van der Waals surface area contributed by atoms with Crippen LogP contribution in [-0.4, -0.2) is 21.6 Å². The zero-order chi connectivity index (χ0) is 14.5. The number of carbonyl (C=O) groups excluding carboxylic acids is 2. The molecule has 0 aliphatic carbocycles. The average Bonchev–Trinajstić information content (AvgIpc) is 2.72. The molecular formula is C14H14FN3O2. The van der Waals surface area contributed by atoms with Crippen LogP contribution in [0.15, 0.2) is 18.2 Å². The van der Waals surface area contributed by atoms with Crippen molar-refractivity contribution < 1.29 is 14.0 Å². The topological polar surface area (TPSA) is 64.0 Å². The standard InChI is InChI=1S/C14H14FN3O2/c1-14(6-5-11(19)16-13(14)20)12-9-7-8(15)3-4-10(9)18(2)17-12/h3-4,7H,5-6H2,1-2H3,(H,16,19,20)/t14-/m1/s1. The van der Waals surface area contributed by atoms with E-state index < -0.39 is 5.41 Å². The molecule has 1 aliphatic heterocycles. The summed E-state index contributed by atoms with van der Waals surface area (Å²) in [5, 5.41) is 7.33. The normalized spacial score (nSPS) is 23.1. The van der Waals surface area contributed by atoms with E-state index in [1.54, 1.807) is 24.7 Å². The lowest BCUT2D eigenvalue weighted by molar-refractivity contribution is -0.137. The molecule has 0 unspecified atom stereocenters. The molecule has 1 fully saturated rings. The Morgan fingerprint density at radius 2 is 2.15 bits per heavy atom. The molecule has 6 heteroatoms. The number of carbonyl (C=O) groups is 2. The Labute approximate surface area is 114 Å². The summed E-state index contributed by atoms with van der Waals surface area (Å²) in [7, 11) is 1.75. The third-order valence-corrected chi connectivity index (χ3v) is 3.94. The third kappa shape index (κ3) is 1.71. The summed E-state index contributed by atoms with van der Waals surface area (Å²) in [6.07, 6.45) is 0.635. The first-order valence-electron chi connectivity index (χ1n) is 6.39. The smallest absolute Gasteiger partial charge is 0.238 e. The maximum absolute atomic E-state index is 13.5. The van der Waals surface area contributed by atoms with Gasteiger partial charge in [-0.15, -0.1) is 0 Å². The quantitative estimate of drug-likeness (QED) is 0.800. The zero-order valence-corrected chi connectivity index (χ0v) is 11.2. The van der Waals surface area contributed by atoms with Crippen LogP contribution in [0.4, 0.5) is 4.39 Å². The molecule has 5 nitrogen and oxygen atoms in total. The number of hydrogen-bond donors (Lipinski definition) is 1. The van der Waals surface area contributed by atoms with Crippen LogP contribution >= 0.6 is 0 Å². The monoisotopic (exact) mass is 275 g/mol. The van der Waals surface area contributed by atoms with Crippen molar-refractivity contribution in [3.05, 3.63) is 29.7 Å². The lowest BCUT2D eigenvalue weighted by Gasteiger charge is -2.30. The van der Waals surface area contributed by atoms with Crippen LogP contribution < -0.4 is 5.32 Å². The Hall–Kier alpha value is -2.24. The van der Waals surface area contributed by atoms with Crippen LogP contribution in [0.2, 0.25) is 0 Å². The highest BCUT2D eigenvalue weighted by Crippen LogP contribution is 2.35. The SMILES string of the molecule is Cn1nc([C@@]2(C)CCC(=O)NC2=O)c2cc(F)ccc21. The summed E-state index contributed by atoms with van der Waals surface area (Å²) in [5.74, 6) is -1.03. The lowest BCUT2D eigenvalue weighted by atomic mass is 9.77. The van der Waals surface area contributed by atoms with Gasteiger partial charge in [0.1, 0.15) is 5.82 Å². The summed E-state index contributed by atoms with van der Waals surface area (Å²) in [4.78, 5) is 23.5. The molecular weight excluding hydrogens is 261 g/mol. The second-order valence-electron chi connectivity index (χ2n) is 5.34. The van der Waals surface area contributed by atoms with Crippen molar-refractivity contribution in [1.29, 1.82) is 0 Å². The van der Waals surface area contributed by atoms with Crippen molar-refractivity contribution in [1.82, 2.24) is 15.1 Å². The molecule has 1 aromatic carbocycles. The number of benzene rings is 1. The van der Waals surface area contributed by atoms with Crippen LogP contribution in [0.1, 0.15) is 25.5 Å². The summed E-state index contributed by atoms with van der Waals surface area (Å²) in [6.45, 7) is 1.74. The fourth-order valence-electron chi connectivity index (χ4n) is 2.68. The van der Waals surface area contributed by atoms with E-state index in [0.29, 0.717) is 17.5 Å². The number of amides is 2. The van der Waals surface area contributed by atoms with Gasteiger partial charge in [-0.05, 0) is 31.5 Å². The van der Waals surface area contributed by atoms with Crippen LogP contribution in [0.3, 0.4) is 0 Å². The van der Waals surface area contributed by atoms with Gasteiger partial charge in [0.05, 0.1) is 16.6 Å². The van der Waals surface area contributed by atoms with Crippen molar-refractivity contribution in [2.45, 2.75) is 25.2 Å². The lowest BCUT2D eigenvalue weighted by Crippen LogP contribution is -2.50. The van der Waals surface area contributed by atoms with Gasteiger partial charge in [0.15, 0.2) is 0 Å².